The molecule has 1 heterocycles. The Kier molecular flexibility index (Phi) is 4.64. The molecule has 1 aromatic heterocycles. The van der Waals surface area contributed by atoms with Crippen molar-refractivity contribution < 1.29 is 14.7 Å². The molecule has 2 unspecified atom stereocenters. The Morgan fingerprint density at radius 1 is 1.50 bits per heavy atom. The first-order chi connectivity index (χ1) is 8.45. The minimum atomic E-state index is -1.06. The number of aliphatic carboxylic acids is 1. The minimum Gasteiger partial charge on any atom is -0.480 e. The quantitative estimate of drug-likeness (QED) is 0.688. The third-order valence-electron chi connectivity index (χ3n) is 2.49. The van der Waals surface area contributed by atoms with Crippen LogP contribution in [-0.4, -0.2) is 37.9 Å². The molecule has 8 nitrogen and oxygen atoms in total. The van der Waals surface area contributed by atoms with Crippen molar-refractivity contribution in [2.24, 2.45) is 7.05 Å². The van der Waals surface area contributed by atoms with Crippen molar-refractivity contribution >= 4 is 12.0 Å². The van der Waals surface area contributed by atoms with Crippen LogP contribution in [0, 0.1) is 0 Å². The molecule has 0 spiro atoms. The smallest absolute Gasteiger partial charge is 0.326 e. The van der Waals surface area contributed by atoms with Gasteiger partial charge in [0.25, 0.3) is 0 Å². The van der Waals surface area contributed by atoms with Crippen molar-refractivity contribution in [1.82, 2.24) is 25.4 Å². The summed E-state index contributed by atoms with van der Waals surface area (Å²) in [6.45, 7) is 3.43. The first-order valence-corrected chi connectivity index (χ1v) is 5.59. The Hall–Kier alpha value is -2.12. The van der Waals surface area contributed by atoms with E-state index in [0.717, 1.165) is 0 Å². The number of carbonyl (C=O) groups excluding carboxylic acids is 1. The van der Waals surface area contributed by atoms with Crippen molar-refractivity contribution in [2.75, 3.05) is 0 Å². The predicted octanol–water partition coefficient (Wildman–Crippen LogP) is 0.0385. The molecule has 0 bridgehead atoms. The molecule has 3 N–H and O–H groups in total. The molecule has 0 saturated carbocycles. The summed E-state index contributed by atoms with van der Waals surface area (Å²) >= 11 is 0. The van der Waals surface area contributed by atoms with Gasteiger partial charge < -0.3 is 20.3 Å². The number of urea groups is 1. The number of carbonyl (C=O) groups is 2. The highest BCUT2D eigenvalue weighted by atomic mass is 16.4. The summed E-state index contributed by atoms with van der Waals surface area (Å²) < 4.78 is 1.68. The lowest BCUT2D eigenvalue weighted by Crippen LogP contribution is -2.46. The van der Waals surface area contributed by atoms with Crippen LogP contribution in [0.4, 0.5) is 4.79 Å². The lowest BCUT2D eigenvalue weighted by molar-refractivity contribution is -0.139. The lowest BCUT2D eigenvalue weighted by atomic mass is 10.2. The molecule has 2 amide bonds. The Labute approximate surface area is 104 Å². The average Bonchev–Trinajstić information content (AvgIpc) is 2.71. The molecule has 0 aliphatic carbocycles. The SMILES string of the molecule is CCC(NC(=O)NC(C)c1nncn1C)C(=O)O. The van der Waals surface area contributed by atoms with Crippen LogP contribution < -0.4 is 10.6 Å². The zero-order valence-electron chi connectivity index (χ0n) is 10.5. The highest BCUT2D eigenvalue weighted by molar-refractivity contribution is 5.82. The van der Waals surface area contributed by atoms with Crippen molar-refractivity contribution in [1.29, 1.82) is 0 Å². The molecule has 1 aromatic rings. The van der Waals surface area contributed by atoms with Crippen molar-refractivity contribution in [3.8, 4) is 0 Å². The monoisotopic (exact) mass is 255 g/mol. The van der Waals surface area contributed by atoms with E-state index in [1.54, 1.807) is 25.5 Å². The van der Waals surface area contributed by atoms with Gasteiger partial charge in [0, 0.05) is 7.05 Å². The van der Waals surface area contributed by atoms with Crippen molar-refractivity contribution in [3.63, 3.8) is 0 Å². The standard InChI is InChI=1S/C10H17N5O3/c1-4-7(9(16)17)13-10(18)12-6(2)8-14-11-5-15(8)3/h5-7H,4H2,1-3H3,(H,16,17)(H2,12,13,18). The molecule has 0 aliphatic rings. The van der Waals surface area contributed by atoms with Gasteiger partial charge in [0.2, 0.25) is 0 Å². The van der Waals surface area contributed by atoms with E-state index in [9.17, 15) is 9.59 Å². The second-order valence-electron chi connectivity index (χ2n) is 3.94. The topological polar surface area (TPSA) is 109 Å². The van der Waals surface area contributed by atoms with Crippen molar-refractivity contribution in [3.05, 3.63) is 12.2 Å². The molecular formula is C10H17N5O3. The fraction of sp³-hybridized carbons (Fsp3) is 0.600. The molecule has 0 fully saturated rings. The molecule has 0 radical (unpaired) electrons. The van der Waals surface area contributed by atoms with Gasteiger partial charge in [-0.05, 0) is 13.3 Å². The van der Waals surface area contributed by atoms with Crippen LogP contribution in [0.25, 0.3) is 0 Å². The number of hydrogen-bond donors (Lipinski definition) is 3. The van der Waals surface area contributed by atoms with Gasteiger partial charge in [0.15, 0.2) is 5.82 Å². The maximum Gasteiger partial charge on any atom is 0.326 e. The Morgan fingerprint density at radius 2 is 2.17 bits per heavy atom. The Bertz CT molecular complexity index is 431. The summed E-state index contributed by atoms with van der Waals surface area (Å²) in [5.41, 5.74) is 0. The normalized spacial score (nSPS) is 13.7. The number of hydrogen-bond acceptors (Lipinski definition) is 4. The van der Waals surface area contributed by atoms with Crippen LogP contribution in [0.2, 0.25) is 0 Å². The summed E-state index contributed by atoms with van der Waals surface area (Å²) in [5, 5.41) is 21.4. The molecule has 2 atom stereocenters. The van der Waals surface area contributed by atoms with Crippen LogP contribution in [0.3, 0.4) is 0 Å². The van der Waals surface area contributed by atoms with Crippen LogP contribution in [0.5, 0.6) is 0 Å². The number of rotatable bonds is 5. The number of carboxylic acid groups (broad SMARTS) is 1. The van der Waals surface area contributed by atoms with Gasteiger partial charge in [-0.3, -0.25) is 0 Å². The zero-order chi connectivity index (χ0) is 13.7. The summed E-state index contributed by atoms with van der Waals surface area (Å²) in [7, 11) is 1.76. The summed E-state index contributed by atoms with van der Waals surface area (Å²) in [5.74, 6) is -0.465. The number of amides is 2. The van der Waals surface area contributed by atoms with E-state index in [0.29, 0.717) is 12.2 Å². The van der Waals surface area contributed by atoms with E-state index in [4.69, 9.17) is 5.11 Å². The maximum absolute atomic E-state index is 11.6. The van der Waals surface area contributed by atoms with E-state index in [1.165, 1.54) is 6.33 Å². The third-order valence-corrected chi connectivity index (χ3v) is 2.49. The minimum absolute atomic E-state index is 0.321. The molecule has 100 valence electrons. The first kappa shape index (κ1) is 13.9. The second-order valence-corrected chi connectivity index (χ2v) is 3.94. The van der Waals surface area contributed by atoms with E-state index >= 15 is 0 Å². The van der Waals surface area contributed by atoms with E-state index in [2.05, 4.69) is 20.8 Å². The van der Waals surface area contributed by atoms with E-state index in [-0.39, 0.29) is 6.04 Å². The summed E-state index contributed by atoms with van der Waals surface area (Å²) in [6.07, 6.45) is 1.85. The van der Waals surface area contributed by atoms with Gasteiger partial charge in [-0.2, -0.15) is 0 Å². The number of nitrogens with one attached hydrogen (secondary N) is 2. The van der Waals surface area contributed by atoms with Crippen LogP contribution in [-0.2, 0) is 11.8 Å². The average molecular weight is 255 g/mol. The summed E-state index contributed by atoms with van der Waals surface area (Å²) in [6, 6.07) is -1.79. The molecule has 1 rings (SSSR count). The first-order valence-electron chi connectivity index (χ1n) is 5.59. The highest BCUT2D eigenvalue weighted by Crippen LogP contribution is 2.06. The summed E-state index contributed by atoms with van der Waals surface area (Å²) in [4.78, 5) is 22.4. The van der Waals surface area contributed by atoms with Crippen LogP contribution >= 0.6 is 0 Å². The number of aryl methyl sites for hydroxylation is 1. The molecule has 18 heavy (non-hydrogen) atoms. The third kappa shape index (κ3) is 3.44. The fourth-order valence-corrected chi connectivity index (χ4v) is 1.48. The van der Waals surface area contributed by atoms with Gasteiger partial charge in [0.1, 0.15) is 12.4 Å². The molecular weight excluding hydrogens is 238 g/mol. The highest BCUT2D eigenvalue weighted by Gasteiger charge is 2.20. The molecule has 0 aliphatic heterocycles. The van der Waals surface area contributed by atoms with Gasteiger partial charge in [-0.25, -0.2) is 9.59 Å². The van der Waals surface area contributed by atoms with Crippen LogP contribution in [0.1, 0.15) is 32.1 Å². The maximum atomic E-state index is 11.6. The van der Waals surface area contributed by atoms with Gasteiger partial charge in [0.05, 0.1) is 6.04 Å². The van der Waals surface area contributed by atoms with Crippen LogP contribution in [0.15, 0.2) is 6.33 Å². The Morgan fingerprint density at radius 3 is 2.61 bits per heavy atom. The fourth-order valence-electron chi connectivity index (χ4n) is 1.48. The zero-order valence-corrected chi connectivity index (χ0v) is 10.5. The molecule has 8 heteroatoms. The second kappa shape index (κ2) is 5.99. The lowest BCUT2D eigenvalue weighted by Gasteiger charge is -2.16. The molecule has 0 saturated heterocycles. The van der Waals surface area contributed by atoms with Gasteiger partial charge >= 0.3 is 12.0 Å². The van der Waals surface area contributed by atoms with Gasteiger partial charge in [-0.1, -0.05) is 6.92 Å². The van der Waals surface area contributed by atoms with E-state index < -0.39 is 18.0 Å². The largest absolute Gasteiger partial charge is 0.480 e. The Balaban J connectivity index is 2.55. The van der Waals surface area contributed by atoms with Crippen molar-refractivity contribution in [2.45, 2.75) is 32.4 Å². The molecule has 0 aromatic carbocycles. The van der Waals surface area contributed by atoms with Gasteiger partial charge in [-0.15, -0.1) is 10.2 Å². The van der Waals surface area contributed by atoms with E-state index in [1.807, 2.05) is 0 Å². The predicted molar refractivity (Wildman–Crippen MR) is 62.8 cm³/mol. The number of nitrogens with zero attached hydrogens (tertiary/aromatic N) is 3. The number of carboxylic acids is 1. The number of aromatic nitrogens is 3.